The lowest BCUT2D eigenvalue weighted by molar-refractivity contribution is -0.132. The summed E-state index contributed by atoms with van der Waals surface area (Å²) in [5, 5.41) is 11.5. The van der Waals surface area contributed by atoms with E-state index >= 15 is 0 Å². The molecule has 1 fully saturated rings. The quantitative estimate of drug-likeness (QED) is 0.263. The fourth-order valence-corrected chi connectivity index (χ4v) is 4.48. The number of Topliss-reactive ketones (excluding diaryl/α,β-unsaturated/α-hetero) is 1. The van der Waals surface area contributed by atoms with E-state index in [9.17, 15) is 14.7 Å². The second kappa shape index (κ2) is 10.4. The van der Waals surface area contributed by atoms with Crippen LogP contribution in [0.5, 0.6) is 11.5 Å². The van der Waals surface area contributed by atoms with Crippen LogP contribution in [-0.2, 0) is 9.59 Å². The van der Waals surface area contributed by atoms with Crippen LogP contribution in [0.4, 0.5) is 11.4 Å². The van der Waals surface area contributed by atoms with Crippen molar-refractivity contribution in [3.05, 3.63) is 89.0 Å². The van der Waals surface area contributed by atoms with Crippen LogP contribution in [0.3, 0.4) is 0 Å². The van der Waals surface area contributed by atoms with Crippen LogP contribution in [-0.4, -0.2) is 44.1 Å². The van der Waals surface area contributed by atoms with Crippen molar-refractivity contribution in [1.82, 2.24) is 0 Å². The van der Waals surface area contributed by atoms with Gasteiger partial charge in [0.15, 0.2) is 0 Å². The van der Waals surface area contributed by atoms with E-state index in [1.165, 1.54) is 12.0 Å². The Morgan fingerprint density at radius 2 is 1.62 bits per heavy atom. The van der Waals surface area contributed by atoms with Crippen LogP contribution in [0.15, 0.2) is 72.3 Å². The smallest absolute Gasteiger partial charge is 0.300 e. The monoisotopic (exact) mass is 500 g/mol. The molecule has 1 heterocycles. The fourth-order valence-electron chi connectivity index (χ4n) is 4.48. The summed E-state index contributed by atoms with van der Waals surface area (Å²) in [7, 11) is 5.35. The number of benzene rings is 3. The van der Waals surface area contributed by atoms with E-state index in [1.807, 2.05) is 70.1 Å². The van der Waals surface area contributed by atoms with E-state index in [2.05, 4.69) is 0 Å². The molecule has 0 radical (unpaired) electrons. The normalized spacial score (nSPS) is 16.8. The molecule has 0 saturated carbocycles. The summed E-state index contributed by atoms with van der Waals surface area (Å²) in [5.41, 5.74) is 3.41. The summed E-state index contributed by atoms with van der Waals surface area (Å²) in [4.78, 5) is 30.3. The highest BCUT2D eigenvalue weighted by Crippen LogP contribution is 2.44. The van der Waals surface area contributed by atoms with Gasteiger partial charge in [-0.2, -0.15) is 0 Å². The first-order chi connectivity index (χ1) is 17.6. The van der Waals surface area contributed by atoms with E-state index in [1.54, 1.807) is 36.4 Å². The second-order valence-electron chi connectivity index (χ2n) is 9.52. The number of methoxy groups -OCH3 is 1. The minimum absolute atomic E-state index is 0.000447. The maximum atomic E-state index is 13.5. The third-order valence-corrected chi connectivity index (χ3v) is 6.27. The number of ketones is 1. The van der Waals surface area contributed by atoms with Gasteiger partial charge in [-0.05, 0) is 74.9 Å². The topological polar surface area (TPSA) is 79.3 Å². The van der Waals surface area contributed by atoms with Gasteiger partial charge in [0.1, 0.15) is 17.3 Å². The first-order valence-electron chi connectivity index (χ1n) is 12.1. The van der Waals surface area contributed by atoms with Gasteiger partial charge in [0.05, 0.1) is 30.4 Å². The lowest BCUT2D eigenvalue weighted by atomic mass is 9.94. The van der Waals surface area contributed by atoms with Gasteiger partial charge in [-0.3, -0.25) is 14.5 Å². The number of hydrogen-bond donors (Lipinski definition) is 1. The average Bonchev–Trinajstić information content (AvgIpc) is 3.14. The highest BCUT2D eigenvalue weighted by molar-refractivity contribution is 6.51. The fraction of sp³-hybridized carbons (Fsp3) is 0.267. The van der Waals surface area contributed by atoms with Crippen molar-refractivity contribution < 1.29 is 24.2 Å². The minimum atomic E-state index is -0.844. The third kappa shape index (κ3) is 5.03. The van der Waals surface area contributed by atoms with Crippen LogP contribution in [0.2, 0.25) is 0 Å². The summed E-state index contributed by atoms with van der Waals surface area (Å²) < 4.78 is 11.2. The van der Waals surface area contributed by atoms with Crippen LogP contribution < -0.4 is 19.3 Å². The molecular formula is C30H32N2O5. The number of aliphatic hydroxyl groups excluding tert-OH is 1. The minimum Gasteiger partial charge on any atom is -0.507 e. The molecule has 192 valence electrons. The summed E-state index contributed by atoms with van der Waals surface area (Å²) in [6, 6.07) is 19.1. The van der Waals surface area contributed by atoms with Crippen molar-refractivity contribution >= 4 is 28.8 Å². The van der Waals surface area contributed by atoms with Gasteiger partial charge in [0.2, 0.25) is 0 Å². The Balaban J connectivity index is 1.91. The molecule has 0 spiro atoms. The molecule has 7 nitrogen and oxygen atoms in total. The van der Waals surface area contributed by atoms with Gasteiger partial charge in [-0.15, -0.1) is 0 Å². The van der Waals surface area contributed by atoms with E-state index in [-0.39, 0.29) is 17.4 Å². The predicted octanol–water partition coefficient (Wildman–Crippen LogP) is 5.48. The molecule has 1 aliphatic heterocycles. The molecule has 1 atom stereocenters. The Morgan fingerprint density at radius 3 is 2.19 bits per heavy atom. The van der Waals surface area contributed by atoms with Gasteiger partial charge in [-0.1, -0.05) is 23.8 Å². The molecule has 37 heavy (non-hydrogen) atoms. The van der Waals surface area contributed by atoms with Gasteiger partial charge >= 0.3 is 0 Å². The predicted molar refractivity (Wildman–Crippen MR) is 145 cm³/mol. The Hall–Kier alpha value is -4.26. The summed E-state index contributed by atoms with van der Waals surface area (Å²) in [5.74, 6) is -0.669. The first-order valence-corrected chi connectivity index (χ1v) is 12.1. The molecular weight excluding hydrogens is 468 g/mol. The van der Waals surface area contributed by atoms with Crippen molar-refractivity contribution in [2.45, 2.75) is 32.9 Å². The number of ether oxygens (including phenoxy) is 2. The number of aliphatic hydroxyl groups is 1. The number of anilines is 2. The SMILES string of the molecule is COc1ccc(C)cc1/C(O)=C1\C(=O)C(=O)N(c2ccc(N(C)C)cc2)C1c1ccc(OC(C)C)cc1. The molecule has 1 N–H and O–H groups in total. The van der Waals surface area contributed by atoms with Crippen molar-refractivity contribution in [3.63, 3.8) is 0 Å². The Bertz CT molecular complexity index is 1340. The zero-order valence-electron chi connectivity index (χ0n) is 22.0. The second-order valence-corrected chi connectivity index (χ2v) is 9.52. The number of carbonyl (C=O) groups excluding carboxylic acids is 2. The summed E-state index contributed by atoms with van der Waals surface area (Å²) in [6.07, 6.45) is 0.000447. The maximum Gasteiger partial charge on any atom is 0.300 e. The van der Waals surface area contributed by atoms with Crippen molar-refractivity contribution in [2.24, 2.45) is 0 Å². The largest absolute Gasteiger partial charge is 0.507 e. The van der Waals surface area contributed by atoms with Gasteiger partial charge in [0.25, 0.3) is 11.7 Å². The average molecular weight is 501 g/mol. The number of aryl methyl sites for hydroxylation is 1. The molecule has 1 unspecified atom stereocenters. The number of nitrogens with zero attached hydrogens (tertiary/aromatic N) is 2. The van der Waals surface area contributed by atoms with Gasteiger partial charge in [0, 0.05) is 25.5 Å². The zero-order valence-corrected chi connectivity index (χ0v) is 22.0. The third-order valence-electron chi connectivity index (χ3n) is 6.27. The molecule has 3 aromatic rings. The van der Waals surface area contributed by atoms with E-state index in [0.29, 0.717) is 28.3 Å². The maximum absolute atomic E-state index is 13.5. The summed E-state index contributed by atoms with van der Waals surface area (Å²) in [6.45, 7) is 5.76. The first kappa shape index (κ1) is 25.8. The molecule has 7 heteroatoms. The van der Waals surface area contributed by atoms with E-state index in [4.69, 9.17) is 9.47 Å². The Kier molecular flexibility index (Phi) is 7.25. The molecule has 0 aliphatic carbocycles. The van der Waals surface area contributed by atoms with E-state index in [0.717, 1.165) is 11.3 Å². The van der Waals surface area contributed by atoms with Gasteiger partial charge in [-0.25, -0.2) is 0 Å². The molecule has 0 aromatic heterocycles. The van der Waals surface area contributed by atoms with Gasteiger partial charge < -0.3 is 19.5 Å². The van der Waals surface area contributed by atoms with Crippen LogP contribution in [0.1, 0.15) is 36.6 Å². The van der Waals surface area contributed by atoms with Crippen molar-refractivity contribution in [2.75, 3.05) is 31.0 Å². The van der Waals surface area contributed by atoms with Crippen molar-refractivity contribution in [1.29, 1.82) is 0 Å². The molecule has 1 amide bonds. The molecule has 0 bridgehead atoms. The molecule has 1 aliphatic rings. The molecule has 3 aromatic carbocycles. The number of amides is 1. The standard InChI is InChI=1S/C30H32N2O5/c1-18(2)37-23-14-8-20(9-15-23)27-26(28(33)24-17-19(3)7-16-25(24)36-6)29(34)30(35)32(27)22-12-10-21(11-13-22)31(4)5/h7-18,27,33H,1-6H3/b28-26+. The Labute approximate surface area is 217 Å². The number of carbonyl (C=O) groups is 2. The summed E-state index contributed by atoms with van der Waals surface area (Å²) >= 11 is 0. The van der Waals surface area contributed by atoms with Crippen LogP contribution in [0, 0.1) is 6.92 Å². The molecule has 4 rings (SSSR count). The van der Waals surface area contributed by atoms with Crippen LogP contribution in [0.25, 0.3) is 5.76 Å². The zero-order chi connectivity index (χ0) is 26.9. The number of rotatable bonds is 7. The molecule has 1 saturated heterocycles. The van der Waals surface area contributed by atoms with E-state index < -0.39 is 17.7 Å². The lowest BCUT2D eigenvalue weighted by Gasteiger charge is -2.26. The highest BCUT2D eigenvalue weighted by Gasteiger charge is 2.47. The lowest BCUT2D eigenvalue weighted by Crippen LogP contribution is -2.29. The van der Waals surface area contributed by atoms with Crippen molar-refractivity contribution in [3.8, 4) is 11.5 Å². The highest BCUT2D eigenvalue weighted by atomic mass is 16.5. The Morgan fingerprint density at radius 1 is 0.973 bits per heavy atom. The van der Waals surface area contributed by atoms with Crippen LogP contribution >= 0.6 is 0 Å². The number of hydrogen-bond acceptors (Lipinski definition) is 6.